The van der Waals surface area contributed by atoms with Gasteiger partial charge >= 0.3 is 0 Å². The van der Waals surface area contributed by atoms with Gasteiger partial charge in [-0.05, 0) is 23.8 Å². The summed E-state index contributed by atoms with van der Waals surface area (Å²) in [5.41, 5.74) is 1.26. The predicted octanol–water partition coefficient (Wildman–Crippen LogP) is 2.08. The first-order valence-electron chi connectivity index (χ1n) is 7.05. The van der Waals surface area contributed by atoms with Gasteiger partial charge in [0, 0.05) is 18.7 Å². The van der Waals surface area contributed by atoms with Crippen molar-refractivity contribution in [1.29, 1.82) is 0 Å². The number of amides is 1. The van der Waals surface area contributed by atoms with Crippen molar-refractivity contribution in [3.05, 3.63) is 78.4 Å². The van der Waals surface area contributed by atoms with E-state index < -0.39 is 10.0 Å². The molecule has 0 saturated carbocycles. The Morgan fingerprint density at radius 1 is 1.09 bits per heavy atom. The molecule has 0 atom stereocenters. The van der Waals surface area contributed by atoms with Gasteiger partial charge in [0.2, 0.25) is 10.0 Å². The number of hydrogen-bond acceptors (Lipinski definition) is 3. The molecular formula is C17H18N2O3S. The van der Waals surface area contributed by atoms with Crippen LogP contribution in [-0.4, -0.2) is 20.9 Å². The van der Waals surface area contributed by atoms with E-state index in [1.54, 1.807) is 12.1 Å². The van der Waals surface area contributed by atoms with Gasteiger partial charge in [-0.25, -0.2) is 13.1 Å². The molecule has 0 radical (unpaired) electrons. The maximum atomic E-state index is 12.2. The Kier molecular flexibility index (Phi) is 5.67. The molecule has 2 aromatic rings. The lowest BCUT2D eigenvalue weighted by molar-refractivity contribution is 0.0950. The van der Waals surface area contributed by atoms with Crippen molar-refractivity contribution in [2.45, 2.75) is 11.4 Å². The molecule has 0 aromatic heterocycles. The van der Waals surface area contributed by atoms with Crippen molar-refractivity contribution >= 4 is 15.9 Å². The Bertz CT molecular complexity index is 786. The molecule has 0 aliphatic heterocycles. The predicted molar refractivity (Wildman–Crippen MR) is 89.4 cm³/mol. The first kappa shape index (κ1) is 16.9. The lowest BCUT2D eigenvalue weighted by Crippen LogP contribution is -2.25. The minimum absolute atomic E-state index is 0.0479. The van der Waals surface area contributed by atoms with Crippen molar-refractivity contribution in [3.63, 3.8) is 0 Å². The SMILES string of the molecule is C=CCNS(=O)(=O)c1cccc(C(=O)NCc2ccccc2)c1. The highest BCUT2D eigenvalue weighted by molar-refractivity contribution is 7.89. The number of sulfonamides is 1. The first-order chi connectivity index (χ1) is 11.0. The van der Waals surface area contributed by atoms with E-state index >= 15 is 0 Å². The molecule has 2 rings (SSSR count). The van der Waals surface area contributed by atoms with E-state index in [0.29, 0.717) is 12.1 Å². The molecule has 23 heavy (non-hydrogen) atoms. The number of carbonyl (C=O) groups is 1. The lowest BCUT2D eigenvalue weighted by atomic mass is 10.2. The maximum absolute atomic E-state index is 12.2. The minimum atomic E-state index is -3.65. The minimum Gasteiger partial charge on any atom is -0.348 e. The number of benzene rings is 2. The van der Waals surface area contributed by atoms with Gasteiger partial charge in [-0.2, -0.15) is 0 Å². The second kappa shape index (κ2) is 7.71. The quantitative estimate of drug-likeness (QED) is 0.763. The van der Waals surface area contributed by atoms with E-state index in [-0.39, 0.29) is 17.3 Å². The topological polar surface area (TPSA) is 75.3 Å². The molecule has 2 aromatic carbocycles. The summed E-state index contributed by atoms with van der Waals surface area (Å²) in [6, 6.07) is 15.4. The van der Waals surface area contributed by atoms with E-state index in [2.05, 4.69) is 16.6 Å². The van der Waals surface area contributed by atoms with Gasteiger partial charge in [0.1, 0.15) is 0 Å². The Labute approximate surface area is 136 Å². The maximum Gasteiger partial charge on any atom is 0.251 e. The van der Waals surface area contributed by atoms with Crippen molar-refractivity contribution in [1.82, 2.24) is 10.0 Å². The molecule has 0 heterocycles. The van der Waals surface area contributed by atoms with Crippen LogP contribution in [0, 0.1) is 0 Å². The summed E-state index contributed by atoms with van der Waals surface area (Å²) in [7, 11) is -3.65. The van der Waals surface area contributed by atoms with E-state index in [4.69, 9.17) is 0 Å². The normalized spacial score (nSPS) is 11.0. The third kappa shape index (κ3) is 4.77. The van der Waals surface area contributed by atoms with Gasteiger partial charge in [0.25, 0.3) is 5.91 Å². The van der Waals surface area contributed by atoms with Gasteiger partial charge < -0.3 is 5.32 Å². The van der Waals surface area contributed by atoms with Gasteiger partial charge in [0.15, 0.2) is 0 Å². The van der Waals surface area contributed by atoms with E-state index in [0.717, 1.165) is 5.56 Å². The van der Waals surface area contributed by atoms with Gasteiger partial charge in [0.05, 0.1) is 4.90 Å². The molecule has 0 bridgehead atoms. The summed E-state index contributed by atoms with van der Waals surface area (Å²) in [4.78, 5) is 12.2. The molecule has 120 valence electrons. The molecule has 0 saturated heterocycles. The van der Waals surface area contributed by atoms with Crippen molar-refractivity contribution < 1.29 is 13.2 Å². The fraction of sp³-hybridized carbons (Fsp3) is 0.118. The van der Waals surface area contributed by atoms with Crippen LogP contribution in [0.5, 0.6) is 0 Å². The van der Waals surface area contributed by atoms with Gasteiger partial charge in [-0.3, -0.25) is 4.79 Å². The molecular weight excluding hydrogens is 312 g/mol. The van der Waals surface area contributed by atoms with Crippen LogP contribution in [0.4, 0.5) is 0 Å². The van der Waals surface area contributed by atoms with Crippen LogP contribution in [0.2, 0.25) is 0 Å². The van der Waals surface area contributed by atoms with Crippen LogP contribution >= 0.6 is 0 Å². The zero-order valence-electron chi connectivity index (χ0n) is 12.5. The zero-order valence-corrected chi connectivity index (χ0v) is 13.3. The van der Waals surface area contributed by atoms with Crippen LogP contribution in [0.25, 0.3) is 0 Å². The Morgan fingerprint density at radius 2 is 1.83 bits per heavy atom. The van der Waals surface area contributed by atoms with E-state index in [1.807, 2.05) is 30.3 Å². The summed E-state index contributed by atoms with van der Waals surface area (Å²) >= 11 is 0. The van der Waals surface area contributed by atoms with Crippen LogP contribution in [-0.2, 0) is 16.6 Å². The highest BCUT2D eigenvalue weighted by atomic mass is 32.2. The summed E-state index contributed by atoms with van der Waals surface area (Å²) in [6.07, 6.45) is 1.45. The van der Waals surface area contributed by atoms with Crippen molar-refractivity contribution in [3.8, 4) is 0 Å². The first-order valence-corrected chi connectivity index (χ1v) is 8.54. The van der Waals surface area contributed by atoms with Crippen LogP contribution in [0.1, 0.15) is 15.9 Å². The number of nitrogens with one attached hydrogen (secondary N) is 2. The van der Waals surface area contributed by atoms with E-state index in [1.165, 1.54) is 18.2 Å². The second-order valence-electron chi connectivity index (χ2n) is 4.84. The number of rotatable bonds is 7. The third-order valence-corrected chi connectivity index (χ3v) is 4.54. The van der Waals surface area contributed by atoms with Crippen LogP contribution in [0.15, 0.2) is 72.1 Å². The smallest absolute Gasteiger partial charge is 0.251 e. The Morgan fingerprint density at radius 3 is 2.52 bits per heavy atom. The summed E-state index contributed by atoms with van der Waals surface area (Å²) in [5, 5.41) is 2.77. The van der Waals surface area contributed by atoms with Crippen molar-refractivity contribution in [2.75, 3.05) is 6.54 Å². The molecule has 0 unspecified atom stereocenters. The fourth-order valence-electron chi connectivity index (χ4n) is 1.94. The monoisotopic (exact) mass is 330 g/mol. The number of carbonyl (C=O) groups excluding carboxylic acids is 1. The Hall–Kier alpha value is -2.44. The lowest BCUT2D eigenvalue weighted by Gasteiger charge is -2.08. The molecule has 5 nitrogen and oxygen atoms in total. The van der Waals surface area contributed by atoms with Gasteiger partial charge in [-0.1, -0.05) is 42.5 Å². The summed E-state index contributed by atoms with van der Waals surface area (Å²) in [6.45, 7) is 3.98. The average Bonchev–Trinajstić information content (AvgIpc) is 2.59. The highest BCUT2D eigenvalue weighted by Gasteiger charge is 2.15. The van der Waals surface area contributed by atoms with E-state index in [9.17, 15) is 13.2 Å². The Balaban J connectivity index is 2.09. The summed E-state index contributed by atoms with van der Waals surface area (Å²) < 4.78 is 26.5. The third-order valence-electron chi connectivity index (χ3n) is 3.12. The van der Waals surface area contributed by atoms with Crippen LogP contribution in [0.3, 0.4) is 0 Å². The second-order valence-corrected chi connectivity index (χ2v) is 6.60. The highest BCUT2D eigenvalue weighted by Crippen LogP contribution is 2.11. The summed E-state index contributed by atoms with van der Waals surface area (Å²) in [5.74, 6) is -0.324. The zero-order chi connectivity index (χ0) is 16.7. The molecule has 0 aliphatic rings. The molecule has 6 heteroatoms. The van der Waals surface area contributed by atoms with Crippen molar-refractivity contribution in [2.24, 2.45) is 0 Å². The molecule has 1 amide bonds. The standard InChI is InChI=1S/C17H18N2O3S/c1-2-11-19-23(21,22)16-10-6-9-15(12-16)17(20)18-13-14-7-4-3-5-8-14/h2-10,12,19H,1,11,13H2,(H,18,20). The van der Waals surface area contributed by atoms with Gasteiger partial charge in [-0.15, -0.1) is 6.58 Å². The largest absolute Gasteiger partial charge is 0.348 e. The molecule has 0 spiro atoms. The molecule has 0 fully saturated rings. The fourth-order valence-corrected chi connectivity index (χ4v) is 2.98. The average molecular weight is 330 g/mol. The number of hydrogen-bond donors (Lipinski definition) is 2. The molecule has 2 N–H and O–H groups in total. The molecule has 0 aliphatic carbocycles. The van der Waals surface area contributed by atoms with Crippen LogP contribution < -0.4 is 10.0 Å².